The molecule has 0 radical (unpaired) electrons. The second kappa shape index (κ2) is 8.95. The van der Waals surface area contributed by atoms with Crippen molar-refractivity contribution >= 4 is 11.8 Å². The van der Waals surface area contributed by atoms with Crippen LogP contribution < -0.4 is 0 Å². The van der Waals surface area contributed by atoms with Crippen LogP contribution in [0.2, 0.25) is 0 Å². The van der Waals surface area contributed by atoms with Crippen LogP contribution in [0.15, 0.2) is 36.4 Å². The third kappa shape index (κ3) is 6.25. The molecule has 4 heteroatoms. The van der Waals surface area contributed by atoms with E-state index in [1.165, 1.54) is 19.1 Å². The fourth-order valence-electron chi connectivity index (χ4n) is 1.97. The van der Waals surface area contributed by atoms with Gasteiger partial charge in [0.25, 0.3) is 0 Å². The molecule has 1 rings (SSSR count). The number of para-hydroxylation sites is 1. The molecule has 0 aliphatic rings. The van der Waals surface area contributed by atoms with Gasteiger partial charge in [0.2, 0.25) is 0 Å². The van der Waals surface area contributed by atoms with E-state index in [0.717, 1.165) is 19.3 Å². The second-order valence-corrected chi connectivity index (χ2v) is 4.88. The summed E-state index contributed by atoms with van der Waals surface area (Å²) in [6.07, 6.45) is 6.30. The van der Waals surface area contributed by atoms with Crippen LogP contribution in [0.25, 0.3) is 0 Å². The monoisotopic (exact) mass is 290 g/mol. The molecular weight excluding hydrogens is 268 g/mol. The van der Waals surface area contributed by atoms with Crippen molar-refractivity contribution in [3.05, 3.63) is 42.0 Å². The fraction of sp³-hybridized carbons (Fsp3) is 0.412. The van der Waals surface area contributed by atoms with Gasteiger partial charge in [-0.25, -0.2) is 0 Å². The number of ketones is 1. The van der Waals surface area contributed by atoms with Gasteiger partial charge in [0.15, 0.2) is 5.78 Å². The van der Waals surface area contributed by atoms with Crippen LogP contribution in [-0.2, 0) is 9.53 Å². The standard InChI is InChI=1S/C17H22O4/c1-3-4-5-8-14(21-13(2)18)11-12-17(20)15-9-6-7-10-16(15)19/h6-7,9-12,14,19H,3-5,8H2,1-2H3/b12-11+. The Morgan fingerprint density at radius 2 is 2.00 bits per heavy atom. The maximum atomic E-state index is 12.0. The third-order valence-electron chi connectivity index (χ3n) is 3.04. The number of carbonyl (C=O) groups is 2. The number of ether oxygens (including phenoxy) is 1. The van der Waals surface area contributed by atoms with E-state index in [9.17, 15) is 14.7 Å². The fourth-order valence-corrected chi connectivity index (χ4v) is 1.97. The summed E-state index contributed by atoms with van der Waals surface area (Å²) in [7, 11) is 0. The predicted octanol–water partition coefficient (Wildman–Crippen LogP) is 3.64. The maximum absolute atomic E-state index is 12.0. The largest absolute Gasteiger partial charge is 0.507 e. The van der Waals surface area contributed by atoms with Crippen molar-refractivity contribution in [3.8, 4) is 5.75 Å². The van der Waals surface area contributed by atoms with E-state index in [0.29, 0.717) is 6.42 Å². The molecule has 0 bridgehead atoms. The lowest BCUT2D eigenvalue weighted by atomic mass is 10.1. The first-order chi connectivity index (χ1) is 10.0. The number of hydrogen-bond donors (Lipinski definition) is 1. The summed E-state index contributed by atoms with van der Waals surface area (Å²) in [4.78, 5) is 23.1. The molecule has 1 aromatic rings. The molecule has 0 spiro atoms. The lowest BCUT2D eigenvalue weighted by Crippen LogP contribution is -2.14. The maximum Gasteiger partial charge on any atom is 0.303 e. The number of phenolic OH excluding ortho intramolecular Hbond substituents is 1. The van der Waals surface area contributed by atoms with Crippen molar-refractivity contribution in [3.63, 3.8) is 0 Å². The molecule has 0 aliphatic carbocycles. The summed E-state index contributed by atoms with van der Waals surface area (Å²) in [6, 6.07) is 6.36. The Balaban J connectivity index is 2.70. The van der Waals surface area contributed by atoms with Crippen LogP contribution in [-0.4, -0.2) is 23.0 Å². The first-order valence-corrected chi connectivity index (χ1v) is 7.22. The number of allylic oxidation sites excluding steroid dienone is 1. The first-order valence-electron chi connectivity index (χ1n) is 7.22. The molecule has 4 nitrogen and oxygen atoms in total. The smallest absolute Gasteiger partial charge is 0.303 e. The van der Waals surface area contributed by atoms with Gasteiger partial charge in [-0.05, 0) is 37.1 Å². The van der Waals surface area contributed by atoms with E-state index in [1.807, 2.05) is 0 Å². The van der Waals surface area contributed by atoms with Gasteiger partial charge in [-0.3, -0.25) is 9.59 Å². The molecule has 0 aliphatic heterocycles. The molecule has 0 heterocycles. The Bertz CT molecular complexity index is 505. The predicted molar refractivity (Wildman–Crippen MR) is 81.3 cm³/mol. The quantitative estimate of drug-likeness (QED) is 0.343. The van der Waals surface area contributed by atoms with Crippen LogP contribution in [0.1, 0.15) is 49.9 Å². The minimum absolute atomic E-state index is 0.0535. The number of esters is 1. The van der Waals surface area contributed by atoms with Gasteiger partial charge in [-0.15, -0.1) is 0 Å². The van der Waals surface area contributed by atoms with Gasteiger partial charge < -0.3 is 9.84 Å². The van der Waals surface area contributed by atoms with E-state index in [2.05, 4.69) is 6.92 Å². The molecule has 21 heavy (non-hydrogen) atoms. The van der Waals surface area contributed by atoms with Crippen molar-refractivity contribution < 1.29 is 19.4 Å². The molecule has 0 saturated heterocycles. The highest BCUT2D eigenvalue weighted by atomic mass is 16.5. The molecule has 0 amide bonds. The molecule has 1 N–H and O–H groups in total. The molecule has 1 aromatic carbocycles. The third-order valence-corrected chi connectivity index (χ3v) is 3.04. The van der Waals surface area contributed by atoms with Crippen LogP contribution in [0.5, 0.6) is 5.75 Å². The molecule has 114 valence electrons. The summed E-state index contributed by atoms with van der Waals surface area (Å²) < 4.78 is 5.17. The normalized spacial score (nSPS) is 12.3. The van der Waals surface area contributed by atoms with E-state index >= 15 is 0 Å². The van der Waals surface area contributed by atoms with Crippen molar-refractivity contribution in [1.82, 2.24) is 0 Å². The Labute approximate surface area is 125 Å². The van der Waals surface area contributed by atoms with Gasteiger partial charge in [0.1, 0.15) is 11.9 Å². The average molecular weight is 290 g/mol. The number of benzene rings is 1. The zero-order chi connectivity index (χ0) is 15.7. The number of rotatable bonds is 8. The first kappa shape index (κ1) is 17.0. The van der Waals surface area contributed by atoms with Gasteiger partial charge in [-0.2, -0.15) is 0 Å². The lowest BCUT2D eigenvalue weighted by molar-refractivity contribution is -0.144. The second-order valence-electron chi connectivity index (χ2n) is 4.88. The topological polar surface area (TPSA) is 63.6 Å². The Kier molecular flexibility index (Phi) is 7.23. The minimum atomic E-state index is -0.399. The van der Waals surface area contributed by atoms with Crippen LogP contribution in [0.4, 0.5) is 0 Å². The average Bonchev–Trinajstić information content (AvgIpc) is 2.44. The van der Waals surface area contributed by atoms with E-state index in [1.54, 1.807) is 24.3 Å². The van der Waals surface area contributed by atoms with Crippen molar-refractivity contribution in [1.29, 1.82) is 0 Å². The number of aromatic hydroxyl groups is 1. The van der Waals surface area contributed by atoms with Crippen LogP contribution in [0.3, 0.4) is 0 Å². The van der Waals surface area contributed by atoms with Crippen LogP contribution >= 0.6 is 0 Å². The van der Waals surface area contributed by atoms with E-state index < -0.39 is 6.10 Å². The Morgan fingerprint density at radius 3 is 2.62 bits per heavy atom. The van der Waals surface area contributed by atoms with E-state index in [4.69, 9.17) is 4.74 Å². The van der Waals surface area contributed by atoms with Crippen molar-refractivity contribution in [2.75, 3.05) is 0 Å². The highest BCUT2D eigenvalue weighted by molar-refractivity contribution is 6.06. The summed E-state index contributed by atoms with van der Waals surface area (Å²) in [5.74, 6) is -0.723. The number of unbranched alkanes of at least 4 members (excludes halogenated alkanes) is 2. The lowest BCUT2D eigenvalue weighted by Gasteiger charge is -2.12. The van der Waals surface area contributed by atoms with Gasteiger partial charge in [0, 0.05) is 6.92 Å². The number of phenols is 1. The molecule has 0 saturated carbocycles. The van der Waals surface area contributed by atoms with Gasteiger partial charge >= 0.3 is 5.97 Å². The summed E-state index contributed by atoms with van der Waals surface area (Å²) in [5, 5.41) is 9.62. The molecule has 0 aromatic heterocycles. The van der Waals surface area contributed by atoms with Crippen LogP contribution in [0, 0.1) is 0 Å². The van der Waals surface area contributed by atoms with E-state index in [-0.39, 0.29) is 23.1 Å². The highest BCUT2D eigenvalue weighted by Gasteiger charge is 2.11. The minimum Gasteiger partial charge on any atom is -0.507 e. The summed E-state index contributed by atoms with van der Waals surface area (Å²) >= 11 is 0. The molecular formula is C17H22O4. The zero-order valence-corrected chi connectivity index (χ0v) is 12.5. The molecule has 1 unspecified atom stereocenters. The number of hydrogen-bond acceptors (Lipinski definition) is 4. The van der Waals surface area contributed by atoms with Crippen molar-refractivity contribution in [2.24, 2.45) is 0 Å². The van der Waals surface area contributed by atoms with Crippen molar-refractivity contribution in [2.45, 2.75) is 45.6 Å². The SMILES string of the molecule is CCCCCC(/C=C/C(=O)c1ccccc1O)OC(C)=O. The zero-order valence-electron chi connectivity index (χ0n) is 12.5. The molecule has 1 atom stereocenters. The Hall–Kier alpha value is -2.10. The summed E-state index contributed by atoms with van der Waals surface area (Å²) in [6.45, 7) is 3.45. The highest BCUT2D eigenvalue weighted by Crippen LogP contribution is 2.17. The van der Waals surface area contributed by atoms with Gasteiger partial charge in [-0.1, -0.05) is 31.9 Å². The Morgan fingerprint density at radius 1 is 1.29 bits per heavy atom. The summed E-state index contributed by atoms with van der Waals surface area (Å²) in [5.41, 5.74) is 0.240. The number of carbonyl (C=O) groups excluding carboxylic acids is 2. The molecule has 0 fully saturated rings. The van der Waals surface area contributed by atoms with Gasteiger partial charge in [0.05, 0.1) is 5.56 Å².